The van der Waals surface area contributed by atoms with Gasteiger partial charge >= 0.3 is 0 Å². The maximum atomic E-state index is 2.57. The van der Waals surface area contributed by atoms with Crippen molar-refractivity contribution < 1.29 is 0 Å². The lowest BCUT2D eigenvalue weighted by molar-refractivity contribution is 1.18. The van der Waals surface area contributed by atoms with E-state index in [2.05, 4.69) is 276 Å². The molecule has 14 rings (SSSR count). The van der Waals surface area contributed by atoms with Crippen molar-refractivity contribution in [1.82, 2.24) is 9.13 Å². The average Bonchev–Trinajstić information content (AvgIpc) is 4.05. The standard InChI is InChI=1S/C66H44N2Si/c1-6-19-45(20-7-1)46-35-39-61-58(41-46)59-42-47(36-40-62(59)67(61)50-21-8-2-9-22-50)48-33-37-55-56-38-34-49(44-65(56)69(64(55)43-48,52-25-12-4-13-26-52)53-27-14-5-15-28-53)54-30-18-32-63-66(54)57-29-16-17-31-60(57)68(63)51-23-10-3-11-24-51/h1-44H. The number of rotatable bonds is 7. The third kappa shape index (κ3) is 5.97. The van der Waals surface area contributed by atoms with Crippen molar-refractivity contribution >= 4 is 72.4 Å². The van der Waals surface area contributed by atoms with E-state index in [1.807, 2.05) is 0 Å². The Morgan fingerprint density at radius 2 is 0.667 bits per heavy atom. The smallest absolute Gasteiger partial charge is 0.180 e. The van der Waals surface area contributed by atoms with E-state index in [1.54, 1.807) is 0 Å². The van der Waals surface area contributed by atoms with Gasteiger partial charge in [0.05, 0.1) is 22.1 Å². The molecule has 0 saturated carbocycles. The molecule has 0 bridgehead atoms. The first kappa shape index (κ1) is 39.4. The minimum absolute atomic E-state index is 1.16. The van der Waals surface area contributed by atoms with Crippen LogP contribution >= 0.6 is 0 Å². The molecule has 0 N–H and O–H groups in total. The number of nitrogens with zero attached hydrogens (tertiary/aromatic N) is 2. The lowest BCUT2D eigenvalue weighted by atomic mass is 9.95. The van der Waals surface area contributed by atoms with Crippen LogP contribution in [0.1, 0.15) is 0 Å². The quantitative estimate of drug-likeness (QED) is 0.141. The summed E-state index contributed by atoms with van der Waals surface area (Å²) in [7, 11) is -2.91. The van der Waals surface area contributed by atoms with Crippen LogP contribution in [0.25, 0.3) is 99.5 Å². The molecule has 0 spiro atoms. The van der Waals surface area contributed by atoms with E-state index >= 15 is 0 Å². The van der Waals surface area contributed by atoms with Gasteiger partial charge in [0, 0.05) is 32.9 Å². The molecule has 0 aliphatic carbocycles. The Kier molecular flexibility index (Phi) is 8.95. The number of hydrogen-bond acceptors (Lipinski definition) is 0. The van der Waals surface area contributed by atoms with Crippen LogP contribution in [0.15, 0.2) is 267 Å². The van der Waals surface area contributed by atoms with Crippen molar-refractivity contribution in [3.8, 4) is 55.9 Å². The first-order valence-corrected chi connectivity index (χ1v) is 25.9. The molecule has 1 aliphatic rings. The van der Waals surface area contributed by atoms with E-state index in [0.29, 0.717) is 0 Å². The van der Waals surface area contributed by atoms with Crippen LogP contribution in [-0.2, 0) is 0 Å². The molecule has 69 heavy (non-hydrogen) atoms. The number of fused-ring (bicyclic) bond motifs is 9. The molecule has 0 saturated heterocycles. The third-order valence-electron chi connectivity index (χ3n) is 14.8. The fraction of sp³-hybridized carbons (Fsp3) is 0. The van der Waals surface area contributed by atoms with E-state index in [-0.39, 0.29) is 0 Å². The highest BCUT2D eigenvalue weighted by atomic mass is 28.3. The second-order valence-corrected chi connectivity index (χ2v) is 22.1. The van der Waals surface area contributed by atoms with Crippen molar-refractivity contribution in [2.75, 3.05) is 0 Å². The summed E-state index contributed by atoms with van der Waals surface area (Å²) < 4.78 is 4.84. The monoisotopic (exact) mass is 892 g/mol. The van der Waals surface area contributed by atoms with Crippen molar-refractivity contribution in [3.05, 3.63) is 267 Å². The van der Waals surface area contributed by atoms with Crippen LogP contribution in [0.5, 0.6) is 0 Å². The highest BCUT2D eigenvalue weighted by Crippen LogP contribution is 2.42. The molecule has 322 valence electrons. The van der Waals surface area contributed by atoms with Crippen molar-refractivity contribution in [3.63, 3.8) is 0 Å². The molecule has 13 aromatic rings. The largest absolute Gasteiger partial charge is 0.309 e. The highest BCUT2D eigenvalue weighted by molar-refractivity contribution is 7.22. The van der Waals surface area contributed by atoms with Gasteiger partial charge in [-0.25, -0.2) is 0 Å². The van der Waals surface area contributed by atoms with Gasteiger partial charge in [0.2, 0.25) is 0 Å². The van der Waals surface area contributed by atoms with E-state index in [0.717, 1.165) is 5.69 Å². The number of para-hydroxylation sites is 3. The van der Waals surface area contributed by atoms with Gasteiger partial charge in [-0.1, -0.05) is 206 Å². The van der Waals surface area contributed by atoms with Gasteiger partial charge in [-0.15, -0.1) is 0 Å². The van der Waals surface area contributed by atoms with Gasteiger partial charge in [0.25, 0.3) is 0 Å². The minimum Gasteiger partial charge on any atom is -0.309 e. The summed E-state index contributed by atoms with van der Waals surface area (Å²) in [4.78, 5) is 0. The Morgan fingerprint density at radius 3 is 1.26 bits per heavy atom. The molecule has 0 amide bonds. The Balaban J connectivity index is 0.996. The van der Waals surface area contributed by atoms with Gasteiger partial charge in [-0.2, -0.15) is 0 Å². The predicted molar refractivity (Wildman–Crippen MR) is 294 cm³/mol. The summed E-state index contributed by atoms with van der Waals surface area (Å²) in [6.07, 6.45) is 0. The van der Waals surface area contributed by atoms with Crippen LogP contribution in [0.2, 0.25) is 0 Å². The predicted octanol–water partition coefficient (Wildman–Crippen LogP) is 14.2. The zero-order valence-corrected chi connectivity index (χ0v) is 38.8. The zero-order valence-electron chi connectivity index (χ0n) is 37.8. The molecule has 2 aromatic heterocycles. The molecular weight excluding hydrogens is 849 g/mol. The van der Waals surface area contributed by atoms with Crippen LogP contribution < -0.4 is 20.7 Å². The van der Waals surface area contributed by atoms with E-state index < -0.39 is 8.07 Å². The normalized spacial score (nSPS) is 12.8. The maximum Gasteiger partial charge on any atom is 0.180 e. The van der Waals surface area contributed by atoms with Gasteiger partial charge in [0.15, 0.2) is 8.07 Å². The molecule has 2 nitrogen and oxygen atoms in total. The minimum atomic E-state index is -2.91. The molecule has 3 heterocycles. The van der Waals surface area contributed by atoms with Gasteiger partial charge in [0.1, 0.15) is 0 Å². The van der Waals surface area contributed by atoms with E-state index in [9.17, 15) is 0 Å². The van der Waals surface area contributed by atoms with Crippen molar-refractivity contribution in [1.29, 1.82) is 0 Å². The fourth-order valence-corrected chi connectivity index (χ4v) is 17.1. The second-order valence-electron chi connectivity index (χ2n) is 18.4. The first-order valence-electron chi connectivity index (χ1n) is 23.9. The van der Waals surface area contributed by atoms with Gasteiger partial charge in [-0.3, -0.25) is 0 Å². The Bertz CT molecular complexity index is 4060. The summed E-state index contributed by atoms with van der Waals surface area (Å²) in [5, 5.41) is 10.7. The second kappa shape index (κ2) is 15.7. The number of aromatic nitrogens is 2. The fourth-order valence-electron chi connectivity index (χ4n) is 11.8. The summed E-state index contributed by atoms with van der Waals surface area (Å²) in [6.45, 7) is 0. The maximum absolute atomic E-state index is 2.91. The topological polar surface area (TPSA) is 9.86 Å². The summed E-state index contributed by atoms with van der Waals surface area (Å²) in [6, 6.07) is 99.6. The molecular formula is C66H44N2Si. The third-order valence-corrected chi connectivity index (χ3v) is 19.6. The zero-order chi connectivity index (χ0) is 45.5. The summed E-state index contributed by atoms with van der Waals surface area (Å²) >= 11 is 0. The van der Waals surface area contributed by atoms with Crippen molar-refractivity contribution in [2.45, 2.75) is 0 Å². The molecule has 11 aromatic carbocycles. The van der Waals surface area contributed by atoms with Crippen LogP contribution in [-0.4, -0.2) is 17.2 Å². The molecule has 3 heteroatoms. The molecule has 0 radical (unpaired) electrons. The van der Waals surface area contributed by atoms with Crippen LogP contribution in [0.3, 0.4) is 0 Å². The Hall–Kier alpha value is -8.76. The van der Waals surface area contributed by atoms with Gasteiger partial charge < -0.3 is 9.13 Å². The van der Waals surface area contributed by atoms with Crippen LogP contribution in [0, 0.1) is 0 Å². The van der Waals surface area contributed by atoms with Crippen molar-refractivity contribution in [2.24, 2.45) is 0 Å². The molecule has 1 aliphatic heterocycles. The summed E-state index contributed by atoms with van der Waals surface area (Å²) in [5.41, 5.74) is 17.2. The van der Waals surface area contributed by atoms with E-state index in [4.69, 9.17) is 0 Å². The lowest BCUT2D eigenvalue weighted by Crippen LogP contribution is -2.72. The SMILES string of the molecule is c1ccc(-c2ccc3c(c2)c2cc(-c4ccc5c(c4)[Si](c4ccccc4)(c4ccccc4)c4cc(-c6cccc7c6c6ccccc6n7-c6ccccc6)ccc4-5)ccc2n3-c2ccccc2)cc1. The Morgan fingerprint density at radius 1 is 0.246 bits per heavy atom. The number of benzene rings is 11. The average molecular weight is 893 g/mol. The number of hydrogen-bond donors (Lipinski definition) is 0. The van der Waals surface area contributed by atoms with Gasteiger partial charge in [-0.05, 0) is 126 Å². The lowest BCUT2D eigenvalue weighted by Gasteiger charge is -2.32. The Labute approximate surface area is 402 Å². The molecule has 0 unspecified atom stereocenters. The molecule has 0 fully saturated rings. The first-order chi connectivity index (χ1) is 34.2. The highest BCUT2D eigenvalue weighted by Gasteiger charge is 2.49. The molecule has 0 atom stereocenters. The van der Waals surface area contributed by atoms with Crippen LogP contribution in [0.4, 0.5) is 0 Å². The van der Waals surface area contributed by atoms with E-state index in [1.165, 1.54) is 115 Å². The summed E-state index contributed by atoms with van der Waals surface area (Å²) in [5.74, 6) is 0.